The molecular formula is C41H76O5. The molecule has 0 unspecified atom stereocenters. The Bertz CT molecular complexity index is 701. The van der Waals surface area contributed by atoms with Crippen molar-refractivity contribution < 1.29 is 24.2 Å². The molecule has 0 rings (SSSR count). The first-order chi connectivity index (χ1) is 22.6. The van der Waals surface area contributed by atoms with Crippen molar-refractivity contribution in [3.05, 3.63) is 24.3 Å². The van der Waals surface area contributed by atoms with E-state index in [0.717, 1.165) is 44.9 Å². The van der Waals surface area contributed by atoms with Gasteiger partial charge in [-0.25, -0.2) is 0 Å². The van der Waals surface area contributed by atoms with Crippen LogP contribution in [0.25, 0.3) is 0 Å². The van der Waals surface area contributed by atoms with E-state index >= 15 is 0 Å². The number of carbonyl (C=O) groups is 2. The van der Waals surface area contributed by atoms with Crippen LogP contribution >= 0.6 is 0 Å². The van der Waals surface area contributed by atoms with Crippen LogP contribution < -0.4 is 0 Å². The van der Waals surface area contributed by atoms with E-state index in [0.29, 0.717) is 12.8 Å². The highest BCUT2D eigenvalue weighted by Crippen LogP contribution is 2.14. The number of carbonyl (C=O) groups excluding carboxylic acids is 2. The third-order valence-corrected chi connectivity index (χ3v) is 8.75. The summed E-state index contributed by atoms with van der Waals surface area (Å²) in [7, 11) is 0. The minimum absolute atomic E-state index is 0.0638. The van der Waals surface area contributed by atoms with Gasteiger partial charge in [-0.3, -0.25) is 9.59 Å². The lowest BCUT2D eigenvalue weighted by Crippen LogP contribution is -2.28. The number of esters is 2. The van der Waals surface area contributed by atoms with Gasteiger partial charge < -0.3 is 14.6 Å². The summed E-state index contributed by atoms with van der Waals surface area (Å²) >= 11 is 0. The molecule has 0 aromatic heterocycles. The van der Waals surface area contributed by atoms with Crippen LogP contribution in [0.5, 0.6) is 0 Å². The Labute approximate surface area is 285 Å². The first-order valence-electron chi connectivity index (χ1n) is 19.9. The molecule has 0 aliphatic rings. The van der Waals surface area contributed by atoms with Crippen LogP contribution in [0, 0.1) is 0 Å². The number of aliphatic hydroxyl groups is 1. The van der Waals surface area contributed by atoms with E-state index in [1.54, 1.807) is 0 Å². The van der Waals surface area contributed by atoms with Gasteiger partial charge >= 0.3 is 11.9 Å². The van der Waals surface area contributed by atoms with Crippen molar-refractivity contribution in [3.8, 4) is 0 Å². The van der Waals surface area contributed by atoms with Crippen LogP contribution in [0.3, 0.4) is 0 Å². The van der Waals surface area contributed by atoms with Gasteiger partial charge in [0.15, 0.2) is 6.10 Å². The molecule has 0 spiro atoms. The maximum Gasteiger partial charge on any atom is 0.306 e. The first kappa shape index (κ1) is 44.4. The maximum absolute atomic E-state index is 12.1. The van der Waals surface area contributed by atoms with Gasteiger partial charge in [-0.2, -0.15) is 0 Å². The largest absolute Gasteiger partial charge is 0.462 e. The standard InChI is InChI=1S/C41H76O5/c1-3-5-7-9-11-13-15-17-18-19-20-21-22-24-25-27-29-31-33-35-40(43)45-38-39(37-42)46-41(44)36-34-32-30-28-26-23-16-14-12-10-8-6-4-2/h11,13,17-18,39,42H,3-10,12,14-16,19-38H2,1-2H3/b13-11-,18-17-/t39-/m0/s1. The predicted molar refractivity (Wildman–Crippen MR) is 196 cm³/mol. The van der Waals surface area contributed by atoms with E-state index in [1.165, 1.54) is 135 Å². The molecule has 5 nitrogen and oxygen atoms in total. The molecule has 5 heteroatoms. The molecule has 1 N–H and O–H groups in total. The third kappa shape index (κ3) is 35.2. The smallest absolute Gasteiger partial charge is 0.306 e. The molecule has 0 bridgehead atoms. The first-order valence-corrected chi connectivity index (χ1v) is 19.9. The van der Waals surface area contributed by atoms with Gasteiger partial charge in [0.1, 0.15) is 6.61 Å². The van der Waals surface area contributed by atoms with Crippen LogP contribution in [0.1, 0.15) is 206 Å². The fourth-order valence-corrected chi connectivity index (χ4v) is 5.70. The van der Waals surface area contributed by atoms with Crippen LogP contribution in [0.4, 0.5) is 0 Å². The van der Waals surface area contributed by atoms with Gasteiger partial charge in [0.25, 0.3) is 0 Å². The molecular weight excluding hydrogens is 572 g/mol. The van der Waals surface area contributed by atoms with E-state index in [4.69, 9.17) is 9.47 Å². The van der Waals surface area contributed by atoms with Crippen LogP contribution in [0.2, 0.25) is 0 Å². The van der Waals surface area contributed by atoms with Crippen molar-refractivity contribution in [3.63, 3.8) is 0 Å². The Morgan fingerprint density at radius 3 is 1.33 bits per heavy atom. The molecule has 0 aliphatic heterocycles. The van der Waals surface area contributed by atoms with Gasteiger partial charge in [-0.1, -0.05) is 173 Å². The van der Waals surface area contributed by atoms with Crippen molar-refractivity contribution in [2.45, 2.75) is 213 Å². The highest BCUT2D eigenvalue weighted by Gasteiger charge is 2.16. The van der Waals surface area contributed by atoms with E-state index in [9.17, 15) is 14.7 Å². The van der Waals surface area contributed by atoms with Gasteiger partial charge in [-0.05, 0) is 44.9 Å². The molecule has 0 amide bonds. The Morgan fingerprint density at radius 1 is 0.500 bits per heavy atom. The molecule has 0 aromatic carbocycles. The lowest BCUT2D eigenvalue weighted by molar-refractivity contribution is -0.161. The zero-order valence-corrected chi connectivity index (χ0v) is 30.6. The van der Waals surface area contributed by atoms with E-state index in [2.05, 4.69) is 38.2 Å². The predicted octanol–water partition coefficient (Wildman–Crippen LogP) is 12.3. The Morgan fingerprint density at radius 2 is 0.870 bits per heavy atom. The van der Waals surface area contributed by atoms with Gasteiger partial charge in [0.05, 0.1) is 6.61 Å². The van der Waals surface area contributed by atoms with Gasteiger partial charge in [-0.15, -0.1) is 0 Å². The zero-order valence-electron chi connectivity index (χ0n) is 30.6. The summed E-state index contributed by atoms with van der Waals surface area (Å²) in [5.41, 5.74) is 0. The number of hydrogen-bond acceptors (Lipinski definition) is 5. The molecule has 0 fully saturated rings. The topological polar surface area (TPSA) is 72.8 Å². The highest BCUT2D eigenvalue weighted by molar-refractivity contribution is 5.70. The molecule has 0 aliphatic carbocycles. The van der Waals surface area contributed by atoms with E-state index in [1.807, 2.05) is 0 Å². The quantitative estimate of drug-likeness (QED) is 0.0416. The van der Waals surface area contributed by atoms with Crippen molar-refractivity contribution >= 4 is 11.9 Å². The van der Waals surface area contributed by atoms with Crippen molar-refractivity contribution in [1.82, 2.24) is 0 Å². The molecule has 0 radical (unpaired) electrons. The molecule has 0 aromatic rings. The van der Waals surface area contributed by atoms with Crippen LogP contribution in [-0.4, -0.2) is 36.4 Å². The Hall–Kier alpha value is -1.62. The fraction of sp³-hybridized carbons (Fsp3) is 0.854. The van der Waals surface area contributed by atoms with Crippen LogP contribution in [0.15, 0.2) is 24.3 Å². The molecule has 270 valence electrons. The second kappa shape index (κ2) is 37.8. The lowest BCUT2D eigenvalue weighted by Gasteiger charge is -2.15. The summed E-state index contributed by atoms with van der Waals surface area (Å²) in [6.45, 7) is 4.12. The highest BCUT2D eigenvalue weighted by atomic mass is 16.6. The molecule has 1 atom stereocenters. The number of hydrogen-bond donors (Lipinski definition) is 1. The zero-order chi connectivity index (χ0) is 33.6. The maximum atomic E-state index is 12.1. The van der Waals surface area contributed by atoms with Crippen molar-refractivity contribution in [2.75, 3.05) is 13.2 Å². The molecule has 0 saturated heterocycles. The van der Waals surface area contributed by atoms with E-state index < -0.39 is 6.10 Å². The summed E-state index contributed by atoms with van der Waals surface area (Å²) in [6, 6.07) is 0. The summed E-state index contributed by atoms with van der Waals surface area (Å²) in [6.07, 6.45) is 43.8. The second-order valence-corrected chi connectivity index (χ2v) is 13.4. The van der Waals surface area contributed by atoms with E-state index in [-0.39, 0.29) is 25.2 Å². The second-order valence-electron chi connectivity index (χ2n) is 13.4. The normalized spacial score (nSPS) is 12.3. The Balaban J connectivity index is 3.53. The summed E-state index contributed by atoms with van der Waals surface area (Å²) in [5, 5.41) is 9.54. The molecule has 0 heterocycles. The SMILES string of the molecule is CCCCC/C=C\C/C=C\CCCCCCCCCCCC(=O)OC[C@H](CO)OC(=O)CCCCCCCCCCCCCCC. The number of ether oxygens (including phenoxy) is 2. The monoisotopic (exact) mass is 649 g/mol. The summed E-state index contributed by atoms with van der Waals surface area (Å²) in [5.74, 6) is -0.588. The number of allylic oxidation sites excluding steroid dienone is 4. The average Bonchev–Trinajstić information content (AvgIpc) is 3.06. The summed E-state index contributed by atoms with van der Waals surface area (Å²) < 4.78 is 10.6. The number of aliphatic hydroxyl groups excluding tert-OH is 1. The molecule has 46 heavy (non-hydrogen) atoms. The number of rotatable bonds is 36. The molecule has 0 saturated carbocycles. The fourth-order valence-electron chi connectivity index (χ4n) is 5.70. The lowest BCUT2D eigenvalue weighted by atomic mass is 10.0. The van der Waals surface area contributed by atoms with Crippen molar-refractivity contribution in [1.29, 1.82) is 0 Å². The third-order valence-electron chi connectivity index (χ3n) is 8.75. The van der Waals surface area contributed by atoms with Crippen molar-refractivity contribution in [2.24, 2.45) is 0 Å². The Kier molecular flexibility index (Phi) is 36.5. The number of unbranched alkanes of at least 4 members (excludes halogenated alkanes) is 24. The van der Waals surface area contributed by atoms with Crippen LogP contribution in [-0.2, 0) is 19.1 Å². The minimum atomic E-state index is -0.767. The van der Waals surface area contributed by atoms with Gasteiger partial charge in [0, 0.05) is 12.8 Å². The average molecular weight is 649 g/mol. The summed E-state index contributed by atoms with van der Waals surface area (Å²) in [4.78, 5) is 24.2. The minimum Gasteiger partial charge on any atom is -0.462 e. The van der Waals surface area contributed by atoms with Gasteiger partial charge in [0.2, 0.25) is 0 Å².